The Labute approximate surface area is 374 Å². The van der Waals surface area contributed by atoms with E-state index in [9.17, 15) is 14.7 Å². The Hall–Kier alpha value is -4.76. The molecule has 2 saturated heterocycles. The van der Waals surface area contributed by atoms with Gasteiger partial charge >= 0.3 is 11.9 Å². The van der Waals surface area contributed by atoms with Crippen LogP contribution in [0.15, 0.2) is 113 Å². The lowest BCUT2D eigenvalue weighted by molar-refractivity contribution is -0.135. The van der Waals surface area contributed by atoms with Crippen LogP contribution in [0.5, 0.6) is 5.75 Å². The van der Waals surface area contributed by atoms with Crippen LogP contribution in [0.25, 0.3) is 16.7 Å². The third-order valence-electron chi connectivity index (χ3n) is 15.3. The Bertz CT molecular complexity index is 2320. The molecule has 4 N–H and O–H groups in total. The molecule has 3 heterocycles. The van der Waals surface area contributed by atoms with Crippen LogP contribution in [0.3, 0.4) is 0 Å². The van der Waals surface area contributed by atoms with Crippen molar-refractivity contribution in [2.24, 2.45) is 40.9 Å². The van der Waals surface area contributed by atoms with Crippen molar-refractivity contribution in [3.05, 3.63) is 130 Å². The van der Waals surface area contributed by atoms with Gasteiger partial charge < -0.3 is 30.5 Å². The maximum absolute atomic E-state index is 14.9. The first-order valence-corrected chi connectivity index (χ1v) is 24.1. The van der Waals surface area contributed by atoms with E-state index < -0.39 is 5.41 Å². The van der Waals surface area contributed by atoms with Gasteiger partial charge in [0.25, 0.3) is 0 Å². The Morgan fingerprint density at radius 1 is 0.937 bits per heavy atom. The Balaban J connectivity index is 1.10. The maximum Gasteiger partial charge on any atom is 0.340 e. The molecular formula is C55H67N3O5. The molecule has 332 valence electrons. The average Bonchev–Trinajstić information content (AvgIpc) is 3.77. The van der Waals surface area contributed by atoms with E-state index in [1.807, 2.05) is 25.2 Å². The van der Waals surface area contributed by atoms with Gasteiger partial charge in [0.15, 0.2) is 0 Å². The fourth-order valence-corrected chi connectivity index (χ4v) is 12.4. The van der Waals surface area contributed by atoms with Gasteiger partial charge in [0.1, 0.15) is 17.3 Å². The zero-order valence-electron chi connectivity index (χ0n) is 37.8. The lowest BCUT2D eigenvalue weighted by Crippen LogP contribution is -2.52. The summed E-state index contributed by atoms with van der Waals surface area (Å²) < 4.78 is 12.9. The number of esters is 2. The molecule has 0 radical (unpaired) electrons. The van der Waals surface area contributed by atoms with Gasteiger partial charge in [-0.05, 0) is 191 Å². The number of benzene rings is 3. The van der Waals surface area contributed by atoms with Gasteiger partial charge in [0, 0.05) is 23.6 Å². The van der Waals surface area contributed by atoms with E-state index >= 15 is 0 Å². The average molecular weight is 850 g/mol. The third-order valence-corrected chi connectivity index (χ3v) is 15.3. The highest BCUT2D eigenvalue weighted by Gasteiger charge is 2.68. The molecule has 4 aliphatic carbocycles. The quantitative estimate of drug-likeness (QED) is 0.0834. The summed E-state index contributed by atoms with van der Waals surface area (Å²) in [6.07, 6.45) is 16.3. The van der Waals surface area contributed by atoms with Crippen LogP contribution in [0.1, 0.15) is 108 Å². The smallest absolute Gasteiger partial charge is 0.340 e. The Morgan fingerprint density at radius 2 is 1.78 bits per heavy atom. The first kappa shape index (κ1) is 43.5. The molecule has 3 aliphatic heterocycles. The number of ether oxygens (including phenoxy) is 2. The first-order valence-electron chi connectivity index (χ1n) is 24.1. The van der Waals surface area contributed by atoms with E-state index in [0.29, 0.717) is 29.8 Å². The minimum Gasteiger partial charge on any atom is -0.508 e. The van der Waals surface area contributed by atoms with E-state index in [-0.39, 0.29) is 41.4 Å². The van der Waals surface area contributed by atoms with Gasteiger partial charge in [-0.25, -0.2) is 9.59 Å². The van der Waals surface area contributed by atoms with Crippen molar-refractivity contribution in [3.8, 4) is 16.9 Å². The van der Waals surface area contributed by atoms with Gasteiger partial charge in [-0.1, -0.05) is 75.4 Å². The zero-order chi connectivity index (χ0) is 43.7. The summed E-state index contributed by atoms with van der Waals surface area (Å²) in [5.74, 6) is 2.35. The van der Waals surface area contributed by atoms with Crippen molar-refractivity contribution in [2.75, 3.05) is 20.1 Å². The van der Waals surface area contributed by atoms with Crippen LogP contribution in [-0.2, 0) is 32.0 Å². The molecule has 8 nitrogen and oxygen atoms in total. The van der Waals surface area contributed by atoms with Crippen molar-refractivity contribution in [2.45, 2.75) is 111 Å². The summed E-state index contributed by atoms with van der Waals surface area (Å²) in [5.41, 5.74) is 7.94. The Morgan fingerprint density at radius 3 is 2.59 bits per heavy atom. The molecule has 8 heteroatoms. The standard InChI is InChI=1S/C55H67N3O5/c1-5-35(28-36-13-7-6-8-14-36)30-47-55-25-23-42(49(52(55)54(61)63-47)45-32-40(59)19-20-41(45)39-17-9-16-38(29-39)33-56-4)43-21-22-44-46(62-53(60)50(44)51(43)55)18-10-15-37-24-27-58-48(31-37)57-26-11-12-34(2)3/h6-9,13-14,16-20,29-30,32,34-35,37,42-43,48,51,56-59H,5,10-12,15,21-28,31,33H2,1-4H3/t35-,37-,42+,43+,48-,51+,55+/m0/s1. The first-order chi connectivity index (χ1) is 30.7. The minimum absolute atomic E-state index is 0.00725. The number of hydrogen-bond acceptors (Lipinski definition) is 8. The number of carbonyl (C=O) groups is 2. The third kappa shape index (κ3) is 8.51. The highest BCUT2D eigenvalue weighted by atomic mass is 16.5. The molecule has 3 aromatic carbocycles. The van der Waals surface area contributed by atoms with Crippen LogP contribution >= 0.6 is 0 Å². The molecule has 0 amide bonds. The van der Waals surface area contributed by atoms with Crippen LogP contribution in [0.2, 0.25) is 0 Å². The largest absolute Gasteiger partial charge is 0.508 e. The molecule has 63 heavy (non-hydrogen) atoms. The van der Waals surface area contributed by atoms with Crippen LogP contribution in [0.4, 0.5) is 0 Å². The van der Waals surface area contributed by atoms with E-state index in [2.05, 4.69) is 97.4 Å². The van der Waals surface area contributed by atoms with Gasteiger partial charge in [0.05, 0.1) is 17.2 Å². The summed E-state index contributed by atoms with van der Waals surface area (Å²) >= 11 is 0. The van der Waals surface area contributed by atoms with Crippen LogP contribution in [0, 0.1) is 40.9 Å². The van der Waals surface area contributed by atoms with Crippen LogP contribution < -0.4 is 16.0 Å². The lowest BCUT2D eigenvalue weighted by Gasteiger charge is -2.56. The number of fused-ring (bicyclic) bond motifs is 1. The number of allylic oxidation sites excluding steroid dienone is 5. The minimum atomic E-state index is -0.825. The van der Waals surface area contributed by atoms with E-state index in [4.69, 9.17) is 9.47 Å². The predicted molar refractivity (Wildman–Crippen MR) is 250 cm³/mol. The molecule has 1 spiro atoms. The number of cyclic esters (lactones) is 2. The Kier molecular flexibility index (Phi) is 12.9. The second-order valence-corrected chi connectivity index (χ2v) is 19.6. The van der Waals surface area contributed by atoms with E-state index in [0.717, 1.165) is 128 Å². The monoisotopic (exact) mass is 850 g/mol. The van der Waals surface area contributed by atoms with E-state index in [1.165, 1.54) is 18.4 Å². The van der Waals surface area contributed by atoms with Crippen molar-refractivity contribution < 1.29 is 24.2 Å². The number of aromatic hydroxyl groups is 1. The molecule has 2 bridgehead atoms. The summed E-state index contributed by atoms with van der Waals surface area (Å²) in [6.45, 7) is 9.56. The fraction of sp³-hybridized carbons (Fsp3) is 0.491. The molecule has 0 unspecified atom stereocenters. The van der Waals surface area contributed by atoms with Crippen LogP contribution in [-0.4, -0.2) is 43.3 Å². The number of phenolic OH excluding ortho intramolecular Hbond substituents is 1. The maximum atomic E-state index is 14.9. The SMILES string of the molecule is CC[C@H](C=C1OC(=O)C2=C(c3cc(O)ccc3-c3cccc(CNC)c3)[C@@H]3CC[C@]12[C@H]1C2=C(CC[C@H]31)C(=CCC[C@H]1CCN[C@H](NCCCC(C)C)C1)OC2=O)Cc1ccccc1. The highest BCUT2D eigenvalue weighted by molar-refractivity contribution is 6.07. The molecule has 10 rings (SSSR count). The highest BCUT2D eigenvalue weighted by Crippen LogP contribution is 2.72. The molecule has 1 saturated carbocycles. The van der Waals surface area contributed by atoms with E-state index in [1.54, 1.807) is 6.07 Å². The lowest BCUT2D eigenvalue weighted by atomic mass is 9.44. The van der Waals surface area contributed by atoms with Gasteiger partial charge in [-0.3, -0.25) is 0 Å². The summed E-state index contributed by atoms with van der Waals surface area (Å²) in [7, 11) is 1.95. The molecule has 3 fully saturated rings. The summed E-state index contributed by atoms with van der Waals surface area (Å²) in [5, 5.41) is 21.9. The number of hydrogen-bond donors (Lipinski definition) is 4. The number of phenols is 1. The summed E-state index contributed by atoms with van der Waals surface area (Å²) in [6, 6.07) is 24.6. The van der Waals surface area contributed by atoms with Gasteiger partial charge in [-0.2, -0.15) is 0 Å². The van der Waals surface area contributed by atoms with Crippen molar-refractivity contribution >= 4 is 17.5 Å². The molecule has 3 aromatic rings. The number of carbonyl (C=O) groups excluding carboxylic acids is 2. The van der Waals surface area contributed by atoms with Gasteiger partial charge in [-0.15, -0.1) is 0 Å². The molecule has 7 aliphatic rings. The molecule has 7 atom stereocenters. The zero-order valence-corrected chi connectivity index (χ0v) is 37.8. The second-order valence-electron chi connectivity index (χ2n) is 19.6. The topological polar surface area (TPSA) is 109 Å². The number of nitrogens with one attached hydrogen (secondary N) is 3. The number of rotatable bonds is 16. The van der Waals surface area contributed by atoms with Crippen molar-refractivity contribution in [1.29, 1.82) is 0 Å². The number of piperidine rings is 1. The second kappa shape index (κ2) is 18.8. The summed E-state index contributed by atoms with van der Waals surface area (Å²) in [4.78, 5) is 29.4. The fourth-order valence-electron chi connectivity index (χ4n) is 12.4. The predicted octanol–water partition coefficient (Wildman–Crippen LogP) is 10.5. The van der Waals surface area contributed by atoms with Crippen molar-refractivity contribution in [1.82, 2.24) is 16.0 Å². The van der Waals surface area contributed by atoms with Gasteiger partial charge in [0.2, 0.25) is 0 Å². The molecule has 0 aromatic heterocycles. The normalized spacial score (nSPS) is 28.1. The van der Waals surface area contributed by atoms with Crippen molar-refractivity contribution in [3.63, 3.8) is 0 Å². The molecular weight excluding hydrogens is 783 g/mol.